The third-order valence-corrected chi connectivity index (χ3v) is 4.15. The van der Waals surface area contributed by atoms with Gasteiger partial charge in [-0.2, -0.15) is 0 Å². The van der Waals surface area contributed by atoms with E-state index in [4.69, 9.17) is 5.73 Å². The summed E-state index contributed by atoms with van der Waals surface area (Å²) in [7, 11) is 1.95. The molecule has 1 fully saturated rings. The van der Waals surface area contributed by atoms with Crippen molar-refractivity contribution in [2.75, 3.05) is 25.0 Å². The van der Waals surface area contributed by atoms with Crippen molar-refractivity contribution in [2.45, 2.75) is 19.4 Å². The molecule has 104 valence electrons. The Kier molecular flexibility index (Phi) is 4.82. The molecule has 0 unspecified atom stereocenters. The first-order chi connectivity index (χ1) is 9.11. The fraction of sp³-hybridized carbons (Fsp3) is 0.500. The molecular weight excluding hydrogens is 306 g/mol. The predicted octanol–water partition coefficient (Wildman–Crippen LogP) is 1.87. The number of carbonyl (C=O) groups excluding carboxylic acids is 1. The number of nitrogens with two attached hydrogens (primary N) is 1. The summed E-state index contributed by atoms with van der Waals surface area (Å²) in [6.45, 7) is 2.62. The molecule has 1 saturated heterocycles. The largest absolute Gasteiger partial charge is 0.371 e. The average molecular weight is 326 g/mol. The van der Waals surface area contributed by atoms with E-state index in [0.717, 1.165) is 36.9 Å². The van der Waals surface area contributed by atoms with Gasteiger partial charge in [-0.25, -0.2) is 0 Å². The zero-order valence-corrected chi connectivity index (χ0v) is 12.7. The lowest BCUT2D eigenvalue weighted by molar-refractivity contribution is -0.122. The van der Waals surface area contributed by atoms with Gasteiger partial charge in [-0.3, -0.25) is 4.79 Å². The standard InChI is InChI=1S/C14H20BrN3O/c1-17-9-11-2-3-12(15)8-13(11)18-6-4-10(5-7-18)14(16)19/h2-3,8,10,17H,4-7,9H2,1H3,(H2,16,19). The van der Waals surface area contributed by atoms with E-state index in [0.29, 0.717) is 0 Å². The van der Waals surface area contributed by atoms with Gasteiger partial charge in [-0.05, 0) is 37.6 Å². The highest BCUT2D eigenvalue weighted by molar-refractivity contribution is 9.10. The van der Waals surface area contributed by atoms with Crippen molar-refractivity contribution in [3.63, 3.8) is 0 Å². The molecule has 0 spiro atoms. The van der Waals surface area contributed by atoms with Gasteiger partial charge < -0.3 is 16.0 Å². The van der Waals surface area contributed by atoms with Crippen LogP contribution in [0, 0.1) is 5.92 Å². The summed E-state index contributed by atoms with van der Waals surface area (Å²) >= 11 is 3.53. The van der Waals surface area contributed by atoms with Gasteiger partial charge in [0, 0.05) is 35.7 Å². The first kappa shape index (κ1) is 14.3. The van der Waals surface area contributed by atoms with E-state index in [9.17, 15) is 4.79 Å². The van der Waals surface area contributed by atoms with Crippen LogP contribution >= 0.6 is 15.9 Å². The molecule has 1 aromatic rings. The summed E-state index contributed by atoms with van der Waals surface area (Å²) in [6, 6.07) is 6.35. The molecule has 3 N–H and O–H groups in total. The molecule has 1 aromatic carbocycles. The van der Waals surface area contributed by atoms with Gasteiger partial charge in [0.05, 0.1) is 0 Å². The minimum absolute atomic E-state index is 0.0381. The number of halogens is 1. The van der Waals surface area contributed by atoms with Crippen LogP contribution in [0.3, 0.4) is 0 Å². The van der Waals surface area contributed by atoms with E-state index in [2.05, 4.69) is 44.3 Å². The number of nitrogens with zero attached hydrogens (tertiary/aromatic N) is 1. The van der Waals surface area contributed by atoms with Crippen LogP contribution in [-0.2, 0) is 11.3 Å². The molecule has 1 aliphatic rings. The fourth-order valence-corrected chi connectivity index (χ4v) is 2.93. The maximum Gasteiger partial charge on any atom is 0.220 e. The van der Waals surface area contributed by atoms with Gasteiger partial charge in [-0.15, -0.1) is 0 Å². The second kappa shape index (κ2) is 6.39. The molecule has 1 amide bonds. The molecule has 5 heteroatoms. The number of benzene rings is 1. The molecule has 1 heterocycles. The molecule has 0 bridgehead atoms. The molecule has 2 rings (SSSR count). The minimum Gasteiger partial charge on any atom is -0.371 e. The van der Waals surface area contributed by atoms with Crippen LogP contribution in [0.5, 0.6) is 0 Å². The molecular formula is C14H20BrN3O. The third kappa shape index (κ3) is 3.48. The summed E-state index contributed by atoms with van der Waals surface area (Å²) in [5, 5.41) is 3.19. The van der Waals surface area contributed by atoms with Crippen LogP contribution in [0.25, 0.3) is 0 Å². The summed E-state index contributed by atoms with van der Waals surface area (Å²) in [6.07, 6.45) is 1.70. The van der Waals surface area contributed by atoms with E-state index >= 15 is 0 Å². The Balaban J connectivity index is 2.14. The molecule has 0 aliphatic carbocycles. The van der Waals surface area contributed by atoms with E-state index < -0.39 is 0 Å². The number of nitrogens with one attached hydrogen (secondary N) is 1. The topological polar surface area (TPSA) is 58.4 Å². The zero-order chi connectivity index (χ0) is 13.8. The van der Waals surface area contributed by atoms with Crippen molar-refractivity contribution in [3.05, 3.63) is 28.2 Å². The van der Waals surface area contributed by atoms with Crippen molar-refractivity contribution < 1.29 is 4.79 Å². The summed E-state index contributed by atoms with van der Waals surface area (Å²) in [5.74, 6) is -0.125. The number of piperidine rings is 1. The van der Waals surface area contributed by atoms with Crippen LogP contribution in [0.15, 0.2) is 22.7 Å². The number of hydrogen-bond acceptors (Lipinski definition) is 3. The van der Waals surface area contributed by atoms with Crippen molar-refractivity contribution in [2.24, 2.45) is 11.7 Å². The maximum atomic E-state index is 11.2. The number of primary amides is 1. The number of carbonyl (C=O) groups is 1. The van der Waals surface area contributed by atoms with Crippen molar-refractivity contribution in [3.8, 4) is 0 Å². The first-order valence-corrected chi connectivity index (χ1v) is 7.38. The smallest absolute Gasteiger partial charge is 0.220 e. The van der Waals surface area contributed by atoms with Crippen molar-refractivity contribution in [1.29, 1.82) is 0 Å². The number of anilines is 1. The molecule has 0 saturated carbocycles. The second-order valence-corrected chi connectivity index (χ2v) is 5.88. The highest BCUT2D eigenvalue weighted by Crippen LogP contribution is 2.29. The molecule has 0 radical (unpaired) electrons. The lowest BCUT2D eigenvalue weighted by Gasteiger charge is -2.33. The van der Waals surface area contributed by atoms with Crippen LogP contribution in [0.1, 0.15) is 18.4 Å². The van der Waals surface area contributed by atoms with Crippen LogP contribution in [-0.4, -0.2) is 26.0 Å². The highest BCUT2D eigenvalue weighted by atomic mass is 79.9. The average Bonchev–Trinajstić information content (AvgIpc) is 2.41. The highest BCUT2D eigenvalue weighted by Gasteiger charge is 2.24. The Hall–Kier alpha value is -1.07. The zero-order valence-electron chi connectivity index (χ0n) is 11.2. The normalized spacial score (nSPS) is 16.6. The third-order valence-electron chi connectivity index (χ3n) is 3.65. The molecule has 1 aliphatic heterocycles. The summed E-state index contributed by atoms with van der Waals surface area (Å²) < 4.78 is 1.08. The second-order valence-electron chi connectivity index (χ2n) is 4.97. The molecule has 0 atom stereocenters. The molecule has 19 heavy (non-hydrogen) atoms. The van der Waals surface area contributed by atoms with Gasteiger partial charge >= 0.3 is 0 Å². The maximum absolute atomic E-state index is 11.2. The predicted molar refractivity (Wildman–Crippen MR) is 81.0 cm³/mol. The fourth-order valence-electron chi connectivity index (χ4n) is 2.58. The first-order valence-electron chi connectivity index (χ1n) is 6.59. The Morgan fingerprint density at radius 3 is 2.74 bits per heavy atom. The summed E-state index contributed by atoms with van der Waals surface area (Å²) in [5.41, 5.74) is 7.90. The monoisotopic (exact) mass is 325 g/mol. The van der Waals surface area contributed by atoms with E-state index in [-0.39, 0.29) is 11.8 Å². The van der Waals surface area contributed by atoms with Gasteiger partial charge in [0.1, 0.15) is 0 Å². The number of amides is 1. The molecule has 0 aromatic heterocycles. The minimum atomic E-state index is -0.163. The Morgan fingerprint density at radius 1 is 1.47 bits per heavy atom. The number of rotatable bonds is 4. The lowest BCUT2D eigenvalue weighted by atomic mass is 9.95. The van der Waals surface area contributed by atoms with Crippen LogP contribution in [0.4, 0.5) is 5.69 Å². The van der Waals surface area contributed by atoms with Gasteiger partial charge in [-0.1, -0.05) is 22.0 Å². The van der Waals surface area contributed by atoms with E-state index in [1.807, 2.05) is 7.05 Å². The van der Waals surface area contributed by atoms with Gasteiger partial charge in [0.2, 0.25) is 5.91 Å². The summed E-state index contributed by atoms with van der Waals surface area (Å²) in [4.78, 5) is 13.6. The lowest BCUT2D eigenvalue weighted by Crippen LogP contribution is -2.39. The van der Waals surface area contributed by atoms with E-state index in [1.54, 1.807) is 0 Å². The number of hydrogen-bond donors (Lipinski definition) is 2. The van der Waals surface area contributed by atoms with Gasteiger partial charge in [0.25, 0.3) is 0 Å². The van der Waals surface area contributed by atoms with Crippen LogP contribution < -0.4 is 16.0 Å². The van der Waals surface area contributed by atoms with Crippen molar-refractivity contribution >= 4 is 27.5 Å². The van der Waals surface area contributed by atoms with Gasteiger partial charge in [0.15, 0.2) is 0 Å². The SMILES string of the molecule is CNCc1ccc(Br)cc1N1CCC(C(N)=O)CC1. The Morgan fingerprint density at radius 2 is 2.16 bits per heavy atom. The van der Waals surface area contributed by atoms with Crippen molar-refractivity contribution in [1.82, 2.24) is 5.32 Å². The Labute approximate surface area is 122 Å². The van der Waals surface area contributed by atoms with Crippen LogP contribution in [0.2, 0.25) is 0 Å². The Bertz CT molecular complexity index is 456. The van der Waals surface area contributed by atoms with E-state index in [1.165, 1.54) is 11.3 Å². The quantitative estimate of drug-likeness (QED) is 0.888. The molecule has 4 nitrogen and oxygen atoms in total.